The molecular formula is C15H20ClN3OS2. The molecule has 7 heteroatoms. The van der Waals surface area contributed by atoms with Crippen molar-refractivity contribution < 1.29 is 4.79 Å². The number of nitrogens with one attached hydrogen (secondary N) is 2. The summed E-state index contributed by atoms with van der Waals surface area (Å²) in [5, 5.41) is 9.45. The fraction of sp³-hybridized carbons (Fsp3) is 0.467. The van der Waals surface area contributed by atoms with E-state index in [1.165, 1.54) is 9.75 Å². The first-order chi connectivity index (χ1) is 10.2. The number of hydrogen-bond donors (Lipinski definition) is 2. The molecule has 2 aromatic rings. The van der Waals surface area contributed by atoms with Gasteiger partial charge in [-0.1, -0.05) is 0 Å². The van der Waals surface area contributed by atoms with Crippen molar-refractivity contribution in [3.63, 3.8) is 0 Å². The summed E-state index contributed by atoms with van der Waals surface area (Å²) in [5.41, 5.74) is 1.06. The standard InChI is InChI=1S/C15H19N3OS2.ClH/c1-10-18-13(9-20-10)14-3-2-12(21-14)5-7-17-15(19)11-4-6-16-8-11;/h2-3,9,11,16H,4-8H2,1H3,(H,17,19);1H. The summed E-state index contributed by atoms with van der Waals surface area (Å²) in [6, 6.07) is 4.26. The fourth-order valence-electron chi connectivity index (χ4n) is 2.46. The molecule has 22 heavy (non-hydrogen) atoms. The van der Waals surface area contributed by atoms with Crippen LogP contribution in [-0.4, -0.2) is 30.5 Å². The summed E-state index contributed by atoms with van der Waals surface area (Å²) in [5.74, 6) is 0.341. The first kappa shape index (κ1) is 17.4. The minimum absolute atomic E-state index is 0. The second-order valence-electron chi connectivity index (χ2n) is 5.25. The molecule has 1 atom stereocenters. The molecule has 0 bridgehead atoms. The third kappa shape index (κ3) is 4.29. The van der Waals surface area contributed by atoms with Crippen molar-refractivity contribution >= 4 is 41.0 Å². The number of aromatic nitrogens is 1. The predicted molar refractivity (Wildman–Crippen MR) is 95.1 cm³/mol. The Morgan fingerprint density at radius 3 is 3.05 bits per heavy atom. The summed E-state index contributed by atoms with van der Waals surface area (Å²) in [6.45, 7) is 4.51. The van der Waals surface area contributed by atoms with Gasteiger partial charge in [0, 0.05) is 23.3 Å². The molecule has 1 aliphatic heterocycles. The molecule has 4 nitrogen and oxygen atoms in total. The van der Waals surface area contributed by atoms with Gasteiger partial charge in [0.25, 0.3) is 0 Å². The molecule has 0 radical (unpaired) electrons. The van der Waals surface area contributed by atoms with Crippen molar-refractivity contribution in [3.8, 4) is 10.6 Å². The smallest absolute Gasteiger partial charge is 0.224 e. The molecule has 0 spiro atoms. The summed E-state index contributed by atoms with van der Waals surface area (Å²) in [7, 11) is 0. The molecule has 3 rings (SSSR count). The van der Waals surface area contributed by atoms with Crippen molar-refractivity contribution in [2.75, 3.05) is 19.6 Å². The quantitative estimate of drug-likeness (QED) is 0.865. The number of thiophene rings is 1. The monoisotopic (exact) mass is 357 g/mol. The number of aryl methyl sites for hydroxylation is 1. The summed E-state index contributed by atoms with van der Waals surface area (Å²) < 4.78 is 0. The van der Waals surface area contributed by atoms with E-state index in [1.54, 1.807) is 22.7 Å². The van der Waals surface area contributed by atoms with Gasteiger partial charge in [-0.15, -0.1) is 35.1 Å². The number of rotatable bonds is 5. The van der Waals surface area contributed by atoms with Crippen LogP contribution in [0, 0.1) is 12.8 Å². The van der Waals surface area contributed by atoms with Crippen molar-refractivity contribution in [1.82, 2.24) is 15.6 Å². The number of hydrogen-bond acceptors (Lipinski definition) is 5. The minimum Gasteiger partial charge on any atom is -0.355 e. The van der Waals surface area contributed by atoms with Gasteiger partial charge in [0.15, 0.2) is 0 Å². The van der Waals surface area contributed by atoms with Crippen LogP contribution in [0.5, 0.6) is 0 Å². The molecule has 0 aromatic carbocycles. The largest absolute Gasteiger partial charge is 0.355 e. The third-order valence-corrected chi connectivity index (χ3v) is 5.58. The van der Waals surface area contributed by atoms with E-state index in [-0.39, 0.29) is 24.2 Å². The average Bonchev–Trinajstić information content (AvgIpc) is 3.19. The van der Waals surface area contributed by atoms with E-state index < -0.39 is 0 Å². The second-order valence-corrected chi connectivity index (χ2v) is 7.48. The maximum atomic E-state index is 11.9. The van der Waals surface area contributed by atoms with Gasteiger partial charge in [-0.3, -0.25) is 4.79 Å². The Hall–Kier alpha value is -0.950. The molecule has 0 aliphatic carbocycles. The van der Waals surface area contributed by atoms with Gasteiger partial charge in [-0.25, -0.2) is 4.98 Å². The van der Waals surface area contributed by atoms with Gasteiger partial charge in [0.05, 0.1) is 21.5 Å². The van der Waals surface area contributed by atoms with E-state index in [4.69, 9.17) is 0 Å². The highest BCUT2D eigenvalue weighted by molar-refractivity contribution is 7.16. The van der Waals surface area contributed by atoms with E-state index in [9.17, 15) is 4.79 Å². The van der Waals surface area contributed by atoms with E-state index in [0.29, 0.717) is 6.54 Å². The summed E-state index contributed by atoms with van der Waals surface area (Å²) in [6.07, 6.45) is 1.85. The Labute approximate surface area is 144 Å². The maximum Gasteiger partial charge on any atom is 0.224 e. The Morgan fingerprint density at radius 1 is 1.50 bits per heavy atom. The van der Waals surface area contributed by atoms with Gasteiger partial charge < -0.3 is 10.6 Å². The summed E-state index contributed by atoms with van der Waals surface area (Å²) in [4.78, 5) is 18.9. The Kier molecular flexibility index (Phi) is 6.37. The number of carbonyl (C=O) groups excluding carboxylic acids is 1. The van der Waals surface area contributed by atoms with Gasteiger partial charge >= 0.3 is 0 Å². The van der Waals surface area contributed by atoms with Crippen LogP contribution in [0.4, 0.5) is 0 Å². The number of halogens is 1. The van der Waals surface area contributed by atoms with Crippen LogP contribution in [-0.2, 0) is 11.2 Å². The van der Waals surface area contributed by atoms with Crippen molar-refractivity contribution in [3.05, 3.63) is 27.4 Å². The molecule has 1 saturated heterocycles. The van der Waals surface area contributed by atoms with Crippen LogP contribution in [0.1, 0.15) is 16.3 Å². The second kappa shape index (κ2) is 8.06. The lowest BCUT2D eigenvalue weighted by atomic mass is 10.1. The SMILES string of the molecule is Cc1nc(-c2ccc(CCNC(=O)C3CCNC3)s2)cs1.Cl. The fourth-order valence-corrected chi connectivity index (χ4v) is 4.11. The molecule has 1 aliphatic rings. The molecule has 2 aromatic heterocycles. The molecule has 1 amide bonds. The van der Waals surface area contributed by atoms with E-state index >= 15 is 0 Å². The van der Waals surface area contributed by atoms with Gasteiger partial charge in [0.2, 0.25) is 5.91 Å². The lowest BCUT2D eigenvalue weighted by molar-refractivity contribution is -0.124. The lowest BCUT2D eigenvalue weighted by Gasteiger charge is -2.08. The third-order valence-electron chi connectivity index (χ3n) is 3.63. The highest BCUT2D eigenvalue weighted by Gasteiger charge is 2.21. The highest BCUT2D eigenvalue weighted by Crippen LogP contribution is 2.29. The van der Waals surface area contributed by atoms with E-state index in [2.05, 4.69) is 33.1 Å². The Balaban J connectivity index is 0.00000176. The zero-order chi connectivity index (χ0) is 14.7. The normalized spacial score (nSPS) is 17.2. The van der Waals surface area contributed by atoms with Gasteiger partial charge in [-0.2, -0.15) is 0 Å². The molecule has 0 saturated carbocycles. The van der Waals surface area contributed by atoms with Gasteiger partial charge in [0.1, 0.15) is 0 Å². The Bertz CT molecular complexity index is 620. The predicted octanol–water partition coefficient (Wildman–Crippen LogP) is 2.87. The first-order valence-corrected chi connectivity index (χ1v) is 8.91. The van der Waals surface area contributed by atoms with Crippen LogP contribution in [0.25, 0.3) is 10.6 Å². The van der Waals surface area contributed by atoms with Crippen LogP contribution < -0.4 is 10.6 Å². The van der Waals surface area contributed by atoms with Crippen molar-refractivity contribution in [2.45, 2.75) is 19.8 Å². The maximum absolute atomic E-state index is 11.9. The zero-order valence-electron chi connectivity index (χ0n) is 12.4. The highest BCUT2D eigenvalue weighted by atomic mass is 35.5. The topological polar surface area (TPSA) is 54.0 Å². The minimum atomic E-state index is 0. The molecule has 3 heterocycles. The molecule has 120 valence electrons. The Morgan fingerprint density at radius 2 is 2.36 bits per heavy atom. The average molecular weight is 358 g/mol. The van der Waals surface area contributed by atoms with Crippen LogP contribution in [0.3, 0.4) is 0 Å². The first-order valence-electron chi connectivity index (χ1n) is 7.22. The number of amides is 1. The van der Waals surface area contributed by atoms with Crippen LogP contribution in [0.15, 0.2) is 17.5 Å². The van der Waals surface area contributed by atoms with Crippen molar-refractivity contribution in [1.29, 1.82) is 0 Å². The van der Waals surface area contributed by atoms with Crippen LogP contribution in [0.2, 0.25) is 0 Å². The summed E-state index contributed by atoms with van der Waals surface area (Å²) >= 11 is 3.44. The van der Waals surface area contributed by atoms with Crippen molar-refractivity contribution in [2.24, 2.45) is 5.92 Å². The zero-order valence-corrected chi connectivity index (χ0v) is 14.9. The van der Waals surface area contributed by atoms with E-state index in [1.807, 2.05) is 6.92 Å². The molecule has 1 fully saturated rings. The van der Waals surface area contributed by atoms with Gasteiger partial charge in [-0.05, 0) is 38.4 Å². The molecular weight excluding hydrogens is 338 g/mol. The number of thiazole rings is 1. The number of nitrogens with zero attached hydrogens (tertiary/aromatic N) is 1. The molecule has 1 unspecified atom stereocenters. The lowest BCUT2D eigenvalue weighted by Crippen LogP contribution is -2.33. The molecule has 2 N–H and O–H groups in total. The number of carbonyl (C=O) groups is 1. The van der Waals surface area contributed by atoms with Crippen LogP contribution >= 0.6 is 35.1 Å². The van der Waals surface area contributed by atoms with E-state index in [0.717, 1.165) is 36.6 Å².